The summed E-state index contributed by atoms with van der Waals surface area (Å²) in [6.07, 6.45) is 0.903. The monoisotopic (exact) mass is 277 g/mol. The Morgan fingerprint density at radius 2 is 1.80 bits per heavy atom. The first-order chi connectivity index (χ1) is 9.39. The predicted molar refractivity (Wildman–Crippen MR) is 80.3 cm³/mol. The van der Waals surface area contributed by atoms with Gasteiger partial charge in [-0.15, -0.1) is 0 Å². The van der Waals surface area contributed by atoms with Crippen molar-refractivity contribution in [2.24, 2.45) is 5.73 Å². The third-order valence-electron chi connectivity index (χ3n) is 3.20. The molecule has 2 amide bonds. The fraction of sp³-hybridized carbons (Fsp3) is 0.467. The van der Waals surface area contributed by atoms with Crippen LogP contribution < -0.4 is 16.4 Å². The highest BCUT2D eigenvalue weighted by Crippen LogP contribution is 2.13. The molecular formula is C15H23N3O2. The van der Waals surface area contributed by atoms with Gasteiger partial charge < -0.3 is 16.4 Å². The smallest absolute Gasteiger partial charge is 0.244 e. The molecule has 20 heavy (non-hydrogen) atoms. The Bertz CT molecular complexity index is 467. The summed E-state index contributed by atoms with van der Waals surface area (Å²) >= 11 is 0. The topological polar surface area (TPSA) is 84.2 Å². The number of nitrogens with two attached hydrogens (primary N) is 1. The fourth-order valence-corrected chi connectivity index (χ4v) is 1.59. The highest BCUT2D eigenvalue weighted by molar-refractivity contribution is 5.97. The summed E-state index contributed by atoms with van der Waals surface area (Å²) in [4.78, 5) is 23.4. The normalized spacial score (nSPS) is 13.4. The fourth-order valence-electron chi connectivity index (χ4n) is 1.59. The van der Waals surface area contributed by atoms with Gasteiger partial charge in [-0.05, 0) is 38.0 Å². The lowest BCUT2D eigenvalue weighted by atomic mass is 9.99. The Morgan fingerprint density at radius 1 is 1.20 bits per heavy atom. The van der Waals surface area contributed by atoms with Crippen molar-refractivity contribution in [2.75, 3.05) is 11.9 Å². The molecule has 1 atom stereocenters. The van der Waals surface area contributed by atoms with E-state index >= 15 is 0 Å². The van der Waals surface area contributed by atoms with Crippen molar-refractivity contribution in [2.45, 2.75) is 39.2 Å². The van der Waals surface area contributed by atoms with Crippen LogP contribution in [0.1, 0.15) is 32.8 Å². The molecule has 0 spiro atoms. The zero-order valence-electron chi connectivity index (χ0n) is 12.3. The van der Waals surface area contributed by atoms with Crippen LogP contribution in [0.5, 0.6) is 0 Å². The van der Waals surface area contributed by atoms with Gasteiger partial charge in [0.05, 0.1) is 12.0 Å². The molecule has 0 saturated carbocycles. The minimum Gasteiger partial charge on any atom is -0.356 e. The molecule has 0 fully saturated rings. The van der Waals surface area contributed by atoms with Gasteiger partial charge in [0.1, 0.15) is 0 Å². The Hall–Kier alpha value is -1.88. The van der Waals surface area contributed by atoms with Crippen LogP contribution in [0, 0.1) is 0 Å². The Labute approximate surface area is 119 Å². The largest absolute Gasteiger partial charge is 0.356 e. The van der Waals surface area contributed by atoms with Gasteiger partial charge in [0.2, 0.25) is 11.8 Å². The standard InChI is InChI=1S/C15H23N3O2/c1-4-15(3,16)14(20)18-12-8-6-11(7-9-12)10-13(19)17-5-2/h6-9H,4-5,10,16H2,1-3H3,(H,17,19)(H,18,20). The molecule has 1 unspecified atom stereocenters. The first-order valence-electron chi connectivity index (χ1n) is 6.85. The third kappa shape index (κ3) is 4.66. The van der Waals surface area contributed by atoms with E-state index in [2.05, 4.69) is 10.6 Å². The molecule has 5 heteroatoms. The molecule has 110 valence electrons. The van der Waals surface area contributed by atoms with Crippen LogP contribution in [0.15, 0.2) is 24.3 Å². The summed E-state index contributed by atoms with van der Waals surface area (Å²) in [7, 11) is 0. The first kappa shape index (κ1) is 16.2. The van der Waals surface area contributed by atoms with Crippen LogP contribution in [0.4, 0.5) is 5.69 Å². The van der Waals surface area contributed by atoms with Gasteiger partial charge >= 0.3 is 0 Å². The predicted octanol–water partition coefficient (Wildman–Crippen LogP) is 1.43. The summed E-state index contributed by atoms with van der Waals surface area (Å²) in [6.45, 7) is 6.08. The van der Waals surface area contributed by atoms with E-state index < -0.39 is 5.54 Å². The van der Waals surface area contributed by atoms with E-state index in [9.17, 15) is 9.59 Å². The van der Waals surface area contributed by atoms with E-state index in [0.717, 1.165) is 5.56 Å². The Kier molecular flexibility index (Phi) is 5.70. The van der Waals surface area contributed by atoms with Crippen molar-refractivity contribution in [1.29, 1.82) is 0 Å². The van der Waals surface area contributed by atoms with E-state index in [4.69, 9.17) is 5.73 Å². The summed E-state index contributed by atoms with van der Waals surface area (Å²) in [6, 6.07) is 7.20. The van der Waals surface area contributed by atoms with Crippen LogP contribution in [0.3, 0.4) is 0 Å². The van der Waals surface area contributed by atoms with Crippen LogP contribution in [-0.2, 0) is 16.0 Å². The second-order valence-electron chi connectivity index (χ2n) is 5.05. The molecule has 0 aliphatic rings. The molecule has 0 radical (unpaired) electrons. The zero-order chi connectivity index (χ0) is 15.2. The number of carbonyl (C=O) groups is 2. The molecule has 1 aromatic rings. The van der Waals surface area contributed by atoms with E-state index in [1.807, 2.05) is 26.0 Å². The van der Waals surface area contributed by atoms with Gasteiger partial charge in [-0.2, -0.15) is 0 Å². The molecule has 0 aliphatic heterocycles. The van der Waals surface area contributed by atoms with Gasteiger partial charge in [0, 0.05) is 12.2 Å². The van der Waals surface area contributed by atoms with E-state index in [-0.39, 0.29) is 11.8 Å². The maximum atomic E-state index is 11.9. The highest BCUT2D eigenvalue weighted by Gasteiger charge is 2.25. The summed E-state index contributed by atoms with van der Waals surface area (Å²) in [5.74, 6) is -0.221. The van der Waals surface area contributed by atoms with Crippen LogP contribution in [0.25, 0.3) is 0 Å². The summed E-state index contributed by atoms with van der Waals surface area (Å²) < 4.78 is 0. The lowest BCUT2D eigenvalue weighted by Crippen LogP contribution is -2.47. The minimum absolute atomic E-state index is 0.00944. The second kappa shape index (κ2) is 7.05. The Morgan fingerprint density at radius 3 is 2.30 bits per heavy atom. The lowest BCUT2D eigenvalue weighted by Gasteiger charge is -2.21. The SMILES string of the molecule is CCNC(=O)Cc1ccc(NC(=O)C(C)(N)CC)cc1. The van der Waals surface area contributed by atoms with Crippen LogP contribution in [0.2, 0.25) is 0 Å². The number of benzene rings is 1. The molecule has 0 bridgehead atoms. The van der Waals surface area contributed by atoms with Crippen molar-refractivity contribution in [3.8, 4) is 0 Å². The molecule has 0 aromatic heterocycles. The summed E-state index contributed by atoms with van der Waals surface area (Å²) in [5.41, 5.74) is 6.58. The first-order valence-corrected chi connectivity index (χ1v) is 6.85. The maximum Gasteiger partial charge on any atom is 0.244 e. The third-order valence-corrected chi connectivity index (χ3v) is 3.20. The molecule has 4 N–H and O–H groups in total. The van der Waals surface area contributed by atoms with Crippen molar-refractivity contribution in [3.63, 3.8) is 0 Å². The van der Waals surface area contributed by atoms with E-state index in [1.165, 1.54) is 0 Å². The van der Waals surface area contributed by atoms with E-state index in [0.29, 0.717) is 25.1 Å². The van der Waals surface area contributed by atoms with E-state index in [1.54, 1.807) is 19.1 Å². The van der Waals surface area contributed by atoms with Crippen molar-refractivity contribution in [1.82, 2.24) is 5.32 Å². The maximum absolute atomic E-state index is 11.9. The highest BCUT2D eigenvalue weighted by atomic mass is 16.2. The number of nitrogens with one attached hydrogen (secondary N) is 2. The molecule has 1 rings (SSSR count). The number of rotatable bonds is 6. The van der Waals surface area contributed by atoms with Crippen molar-refractivity contribution >= 4 is 17.5 Å². The van der Waals surface area contributed by atoms with Gasteiger partial charge in [-0.3, -0.25) is 9.59 Å². The van der Waals surface area contributed by atoms with Crippen molar-refractivity contribution < 1.29 is 9.59 Å². The van der Waals surface area contributed by atoms with Crippen LogP contribution in [-0.4, -0.2) is 23.9 Å². The molecule has 0 heterocycles. The van der Waals surface area contributed by atoms with Crippen molar-refractivity contribution in [3.05, 3.63) is 29.8 Å². The second-order valence-corrected chi connectivity index (χ2v) is 5.05. The van der Waals surface area contributed by atoms with Gasteiger partial charge in [0.15, 0.2) is 0 Å². The van der Waals surface area contributed by atoms with Gasteiger partial charge in [-0.25, -0.2) is 0 Å². The summed E-state index contributed by atoms with van der Waals surface area (Å²) in [5, 5.41) is 5.52. The molecular weight excluding hydrogens is 254 g/mol. The number of likely N-dealkylation sites (N-methyl/N-ethyl adjacent to an activating group) is 1. The molecule has 5 nitrogen and oxygen atoms in total. The number of hydrogen-bond acceptors (Lipinski definition) is 3. The zero-order valence-corrected chi connectivity index (χ0v) is 12.3. The number of carbonyl (C=O) groups excluding carboxylic acids is 2. The average Bonchev–Trinajstić information content (AvgIpc) is 2.41. The molecule has 1 aromatic carbocycles. The lowest BCUT2D eigenvalue weighted by molar-refractivity contribution is -0.121. The van der Waals surface area contributed by atoms with Crippen LogP contribution >= 0.6 is 0 Å². The number of anilines is 1. The quantitative estimate of drug-likeness (QED) is 0.735. The molecule has 0 aliphatic carbocycles. The Balaban J connectivity index is 2.63. The number of amides is 2. The number of hydrogen-bond donors (Lipinski definition) is 3. The average molecular weight is 277 g/mol. The van der Waals surface area contributed by atoms with Gasteiger partial charge in [-0.1, -0.05) is 19.1 Å². The minimum atomic E-state index is -0.875. The van der Waals surface area contributed by atoms with Gasteiger partial charge in [0.25, 0.3) is 0 Å². The molecule has 0 saturated heterocycles.